The molecular formula is C27H21ClN2O6S. The van der Waals surface area contributed by atoms with Crippen LogP contribution in [0, 0.1) is 0 Å². The molecule has 1 atom stereocenters. The van der Waals surface area contributed by atoms with Gasteiger partial charge < -0.3 is 19.3 Å². The fourth-order valence-corrected chi connectivity index (χ4v) is 5.40. The summed E-state index contributed by atoms with van der Waals surface area (Å²) in [6, 6.07) is 15.8. The molecule has 37 heavy (non-hydrogen) atoms. The van der Waals surface area contributed by atoms with Crippen molar-refractivity contribution < 1.29 is 28.9 Å². The molecule has 188 valence electrons. The van der Waals surface area contributed by atoms with Crippen LogP contribution in [0.1, 0.15) is 17.2 Å². The zero-order valence-electron chi connectivity index (χ0n) is 20.0. The molecule has 5 rings (SSSR count). The molecule has 1 aliphatic heterocycles. The normalized spacial score (nSPS) is 16.9. The molecule has 0 spiro atoms. The van der Waals surface area contributed by atoms with Crippen LogP contribution in [-0.2, 0) is 9.59 Å². The summed E-state index contributed by atoms with van der Waals surface area (Å²) in [5.41, 5.74) is 1.45. The fraction of sp³-hybridized carbons (Fsp3) is 0.148. The van der Waals surface area contributed by atoms with Crippen LogP contribution in [0.5, 0.6) is 17.2 Å². The number of methoxy groups -OCH3 is 3. The molecule has 1 N–H and O–H groups in total. The SMILES string of the molecule is COc1ccc2nc(N3C(=O)C(=O)/C(=C(/O)c4ccc(Cl)cc4)[C@@H]3c3ccc(OC)c(OC)c3)sc2c1. The van der Waals surface area contributed by atoms with Crippen molar-refractivity contribution in [1.82, 2.24) is 4.98 Å². The van der Waals surface area contributed by atoms with Gasteiger partial charge in [0.05, 0.1) is 43.2 Å². The number of ketones is 1. The molecule has 0 saturated carbocycles. The van der Waals surface area contributed by atoms with Gasteiger partial charge in [-0.3, -0.25) is 14.5 Å². The summed E-state index contributed by atoms with van der Waals surface area (Å²) in [5.74, 6) is -0.423. The second-order valence-corrected chi connectivity index (χ2v) is 9.57. The maximum absolute atomic E-state index is 13.5. The first-order valence-electron chi connectivity index (χ1n) is 11.1. The molecule has 3 aromatic carbocycles. The van der Waals surface area contributed by atoms with E-state index in [9.17, 15) is 14.7 Å². The molecule has 0 radical (unpaired) electrons. The number of aliphatic hydroxyl groups is 1. The lowest BCUT2D eigenvalue weighted by molar-refractivity contribution is -0.132. The number of hydrogen-bond donors (Lipinski definition) is 1. The van der Waals surface area contributed by atoms with Gasteiger partial charge in [0.25, 0.3) is 5.78 Å². The maximum atomic E-state index is 13.5. The van der Waals surface area contributed by atoms with Crippen molar-refractivity contribution in [3.63, 3.8) is 0 Å². The van der Waals surface area contributed by atoms with Crippen LogP contribution >= 0.6 is 22.9 Å². The van der Waals surface area contributed by atoms with E-state index in [4.69, 9.17) is 25.8 Å². The lowest BCUT2D eigenvalue weighted by Gasteiger charge is -2.23. The summed E-state index contributed by atoms with van der Waals surface area (Å²) >= 11 is 7.25. The Bertz CT molecular complexity index is 1560. The quantitative estimate of drug-likeness (QED) is 0.194. The molecular weight excluding hydrogens is 516 g/mol. The largest absolute Gasteiger partial charge is 0.507 e. The first-order valence-corrected chi connectivity index (χ1v) is 12.3. The number of rotatable bonds is 6. The second-order valence-electron chi connectivity index (χ2n) is 8.12. The first kappa shape index (κ1) is 24.6. The number of carbonyl (C=O) groups excluding carboxylic acids is 2. The monoisotopic (exact) mass is 536 g/mol. The number of thiazole rings is 1. The third-order valence-electron chi connectivity index (χ3n) is 6.08. The highest BCUT2D eigenvalue weighted by Gasteiger charge is 2.48. The molecule has 0 aliphatic carbocycles. The van der Waals surface area contributed by atoms with Crippen LogP contribution in [0.4, 0.5) is 5.13 Å². The third kappa shape index (κ3) is 4.26. The van der Waals surface area contributed by atoms with E-state index in [0.717, 1.165) is 4.70 Å². The molecule has 1 aliphatic rings. The van der Waals surface area contributed by atoms with Gasteiger partial charge in [0.2, 0.25) is 0 Å². The van der Waals surface area contributed by atoms with E-state index in [1.807, 2.05) is 6.07 Å². The Morgan fingerprint density at radius 2 is 1.68 bits per heavy atom. The molecule has 4 aromatic rings. The van der Waals surface area contributed by atoms with Gasteiger partial charge in [-0.15, -0.1) is 0 Å². The lowest BCUT2D eigenvalue weighted by Crippen LogP contribution is -2.29. The van der Waals surface area contributed by atoms with Crippen LogP contribution in [0.3, 0.4) is 0 Å². The van der Waals surface area contributed by atoms with E-state index in [1.165, 1.54) is 30.5 Å². The Kier molecular flexibility index (Phi) is 6.49. The van der Waals surface area contributed by atoms with Gasteiger partial charge >= 0.3 is 5.91 Å². The zero-order valence-corrected chi connectivity index (χ0v) is 21.6. The predicted molar refractivity (Wildman–Crippen MR) is 142 cm³/mol. The molecule has 10 heteroatoms. The molecule has 1 fully saturated rings. The summed E-state index contributed by atoms with van der Waals surface area (Å²) in [6.45, 7) is 0. The molecule has 0 bridgehead atoms. The Morgan fingerprint density at radius 3 is 2.35 bits per heavy atom. The topological polar surface area (TPSA) is 98.2 Å². The number of benzene rings is 3. The van der Waals surface area contributed by atoms with Crippen LogP contribution in [-0.4, -0.2) is 43.1 Å². The van der Waals surface area contributed by atoms with Crippen molar-refractivity contribution >= 4 is 55.7 Å². The highest BCUT2D eigenvalue weighted by molar-refractivity contribution is 7.22. The van der Waals surface area contributed by atoms with E-state index in [1.54, 1.807) is 61.7 Å². The van der Waals surface area contributed by atoms with Crippen molar-refractivity contribution in [2.24, 2.45) is 0 Å². The van der Waals surface area contributed by atoms with Crippen molar-refractivity contribution in [3.8, 4) is 17.2 Å². The van der Waals surface area contributed by atoms with Gasteiger partial charge in [0, 0.05) is 10.6 Å². The van der Waals surface area contributed by atoms with Crippen LogP contribution < -0.4 is 19.1 Å². The summed E-state index contributed by atoms with van der Waals surface area (Å²) in [6.07, 6.45) is 0. The fourth-order valence-electron chi connectivity index (χ4n) is 4.25. The summed E-state index contributed by atoms with van der Waals surface area (Å²) in [4.78, 5) is 32.8. The van der Waals surface area contributed by atoms with Crippen LogP contribution in [0.15, 0.2) is 66.2 Å². The molecule has 0 unspecified atom stereocenters. The average Bonchev–Trinajstić information content (AvgIpc) is 3.45. The highest BCUT2D eigenvalue weighted by atomic mass is 35.5. The second kappa shape index (κ2) is 9.76. The number of aliphatic hydroxyl groups excluding tert-OH is 1. The lowest BCUT2D eigenvalue weighted by atomic mass is 9.95. The predicted octanol–water partition coefficient (Wildman–Crippen LogP) is 5.60. The standard InChI is InChI=1S/C27H21ClN2O6S/c1-34-17-9-10-18-21(13-17)37-27(29-18)30-23(15-6-11-19(35-2)20(12-15)36-3)22(25(32)26(30)33)24(31)14-4-7-16(28)8-5-14/h4-13,23,31H,1-3H3/b24-22+/t23-/m0/s1. The minimum absolute atomic E-state index is 0.0728. The first-order chi connectivity index (χ1) is 17.9. The van der Waals surface area contributed by atoms with E-state index in [2.05, 4.69) is 4.98 Å². The molecule has 8 nitrogen and oxygen atoms in total. The van der Waals surface area contributed by atoms with Gasteiger partial charge in [0.15, 0.2) is 16.6 Å². The van der Waals surface area contributed by atoms with Gasteiger partial charge in [-0.1, -0.05) is 29.0 Å². The Morgan fingerprint density at radius 1 is 0.946 bits per heavy atom. The third-order valence-corrected chi connectivity index (χ3v) is 7.35. The smallest absolute Gasteiger partial charge is 0.301 e. The number of ether oxygens (including phenoxy) is 3. The van der Waals surface area contributed by atoms with Gasteiger partial charge in [-0.25, -0.2) is 4.98 Å². The van der Waals surface area contributed by atoms with E-state index in [-0.39, 0.29) is 11.3 Å². The van der Waals surface area contributed by atoms with Crippen molar-refractivity contribution in [2.75, 3.05) is 26.2 Å². The maximum Gasteiger partial charge on any atom is 0.301 e. The number of hydrogen-bond acceptors (Lipinski definition) is 8. The van der Waals surface area contributed by atoms with Gasteiger partial charge in [-0.2, -0.15) is 0 Å². The minimum atomic E-state index is -0.974. The molecule has 1 amide bonds. The number of nitrogens with zero attached hydrogens (tertiary/aromatic N) is 2. The number of aromatic nitrogens is 1. The number of carbonyl (C=O) groups is 2. The number of fused-ring (bicyclic) bond motifs is 1. The Balaban J connectivity index is 1.73. The highest BCUT2D eigenvalue weighted by Crippen LogP contribution is 2.46. The zero-order chi connectivity index (χ0) is 26.3. The molecule has 1 saturated heterocycles. The average molecular weight is 537 g/mol. The molecule has 2 heterocycles. The van der Waals surface area contributed by atoms with E-state index in [0.29, 0.717) is 44.0 Å². The minimum Gasteiger partial charge on any atom is -0.507 e. The van der Waals surface area contributed by atoms with Crippen molar-refractivity contribution in [3.05, 3.63) is 82.4 Å². The van der Waals surface area contributed by atoms with Gasteiger partial charge in [-0.05, 0) is 60.2 Å². The van der Waals surface area contributed by atoms with Crippen molar-refractivity contribution in [1.29, 1.82) is 0 Å². The van der Waals surface area contributed by atoms with E-state index >= 15 is 0 Å². The van der Waals surface area contributed by atoms with E-state index < -0.39 is 17.7 Å². The van der Waals surface area contributed by atoms with Crippen LogP contribution in [0.2, 0.25) is 5.02 Å². The summed E-state index contributed by atoms with van der Waals surface area (Å²) in [7, 11) is 4.57. The number of amides is 1. The number of anilines is 1. The van der Waals surface area contributed by atoms with Crippen molar-refractivity contribution in [2.45, 2.75) is 6.04 Å². The van der Waals surface area contributed by atoms with Crippen LogP contribution in [0.25, 0.3) is 16.0 Å². The summed E-state index contributed by atoms with van der Waals surface area (Å²) in [5, 5.41) is 12.1. The Labute approximate surface area is 221 Å². The number of halogens is 1. The Hall–Kier alpha value is -4.08. The molecule has 1 aromatic heterocycles. The summed E-state index contributed by atoms with van der Waals surface area (Å²) < 4.78 is 16.9. The number of Topliss-reactive ketones (excluding diaryl/α,β-unsaturated/α-hetero) is 1. The van der Waals surface area contributed by atoms with Gasteiger partial charge in [0.1, 0.15) is 11.5 Å².